The van der Waals surface area contributed by atoms with E-state index in [1.807, 2.05) is 0 Å². The first-order chi connectivity index (χ1) is 16.9. The summed E-state index contributed by atoms with van der Waals surface area (Å²) in [4.78, 5) is 55.7. The van der Waals surface area contributed by atoms with Gasteiger partial charge in [0.15, 0.2) is 5.78 Å². The third-order valence-corrected chi connectivity index (χ3v) is 8.18. The summed E-state index contributed by atoms with van der Waals surface area (Å²) < 4.78 is 5.40. The van der Waals surface area contributed by atoms with Gasteiger partial charge >= 0.3 is 0 Å². The van der Waals surface area contributed by atoms with Gasteiger partial charge in [-0.15, -0.1) is 0 Å². The number of ether oxygens (including phenoxy) is 1. The van der Waals surface area contributed by atoms with E-state index in [0.717, 1.165) is 6.42 Å². The van der Waals surface area contributed by atoms with E-state index in [2.05, 4.69) is 12.2 Å². The summed E-state index contributed by atoms with van der Waals surface area (Å²) in [6.07, 6.45) is 5.34. The lowest BCUT2D eigenvalue weighted by Gasteiger charge is -2.37. The minimum Gasteiger partial charge on any atom is -0.496 e. The molecule has 1 heterocycles. The van der Waals surface area contributed by atoms with Crippen molar-refractivity contribution in [3.8, 4) is 5.75 Å². The van der Waals surface area contributed by atoms with Crippen LogP contribution in [0.2, 0.25) is 0 Å². The van der Waals surface area contributed by atoms with Crippen molar-refractivity contribution in [2.24, 2.45) is 35.5 Å². The zero-order valence-corrected chi connectivity index (χ0v) is 19.6. The summed E-state index contributed by atoms with van der Waals surface area (Å²) in [5.74, 6) is -0.0353. The Kier molecular flexibility index (Phi) is 4.91. The number of benzene rings is 2. The minimum absolute atomic E-state index is 0.107. The van der Waals surface area contributed by atoms with Crippen LogP contribution >= 0.6 is 0 Å². The van der Waals surface area contributed by atoms with Gasteiger partial charge in [-0.2, -0.15) is 0 Å². The minimum atomic E-state index is -0.414. The van der Waals surface area contributed by atoms with Gasteiger partial charge < -0.3 is 4.74 Å². The number of methoxy groups -OCH3 is 1. The van der Waals surface area contributed by atoms with Crippen LogP contribution in [0.4, 0.5) is 5.69 Å². The highest BCUT2D eigenvalue weighted by Gasteiger charge is 2.67. The van der Waals surface area contributed by atoms with Gasteiger partial charge in [0.25, 0.3) is 5.91 Å². The molecule has 2 aromatic rings. The van der Waals surface area contributed by atoms with Crippen LogP contribution in [-0.2, 0) is 9.59 Å². The highest BCUT2D eigenvalue weighted by molar-refractivity contribution is 6.11. The van der Waals surface area contributed by atoms with Crippen molar-refractivity contribution >= 4 is 29.2 Å². The molecule has 7 rings (SSSR count). The molecule has 2 bridgehead atoms. The van der Waals surface area contributed by atoms with Crippen molar-refractivity contribution in [2.75, 3.05) is 18.7 Å². The molecule has 2 aromatic carbocycles. The Bertz CT molecular complexity index is 1260. The first kappa shape index (κ1) is 21.8. The van der Waals surface area contributed by atoms with Crippen LogP contribution in [0.3, 0.4) is 0 Å². The van der Waals surface area contributed by atoms with Crippen molar-refractivity contribution in [2.45, 2.75) is 13.3 Å². The highest BCUT2D eigenvalue weighted by atomic mass is 16.5. The van der Waals surface area contributed by atoms with Gasteiger partial charge in [-0.25, -0.2) is 0 Å². The predicted octanol–water partition coefficient (Wildman–Crippen LogP) is 3.56. The Morgan fingerprint density at radius 3 is 2.26 bits per heavy atom. The van der Waals surface area contributed by atoms with Crippen LogP contribution in [0.1, 0.15) is 34.1 Å². The Labute approximate surface area is 203 Å². The molecule has 1 saturated heterocycles. The van der Waals surface area contributed by atoms with Crippen LogP contribution in [-0.4, -0.2) is 42.2 Å². The molecular formula is C28H26N2O5. The number of para-hydroxylation sites is 1. The number of anilines is 1. The lowest BCUT2D eigenvalue weighted by atomic mass is 9.63. The fraction of sp³-hybridized carbons (Fsp3) is 0.357. The maximum atomic E-state index is 13.8. The van der Waals surface area contributed by atoms with E-state index >= 15 is 0 Å². The molecule has 4 aliphatic carbocycles. The van der Waals surface area contributed by atoms with E-state index in [9.17, 15) is 19.2 Å². The number of allylic oxidation sites excluding steroid dienone is 2. The second kappa shape index (κ2) is 7.90. The summed E-state index contributed by atoms with van der Waals surface area (Å²) in [7, 11) is 1.49. The van der Waals surface area contributed by atoms with Gasteiger partial charge in [-0.1, -0.05) is 36.4 Å². The zero-order chi connectivity index (χ0) is 24.4. The van der Waals surface area contributed by atoms with Gasteiger partial charge in [0.2, 0.25) is 11.8 Å². The number of rotatable bonds is 6. The predicted molar refractivity (Wildman–Crippen MR) is 128 cm³/mol. The normalized spacial score (nSPS) is 29.6. The second-order valence-electron chi connectivity index (χ2n) is 9.94. The third kappa shape index (κ3) is 3.25. The molecule has 3 amide bonds. The number of carbonyl (C=O) groups excluding carboxylic acids is 4. The van der Waals surface area contributed by atoms with Gasteiger partial charge in [0, 0.05) is 11.3 Å². The molecule has 2 saturated carbocycles. The molecule has 0 radical (unpaired) electrons. The maximum Gasteiger partial charge on any atom is 0.263 e. The van der Waals surface area contributed by atoms with Crippen LogP contribution in [0.5, 0.6) is 5.75 Å². The molecule has 0 N–H and O–H groups in total. The molecule has 5 aliphatic rings. The number of nitrogens with zero attached hydrogens (tertiary/aromatic N) is 2. The molecular weight excluding hydrogens is 444 g/mol. The van der Waals surface area contributed by atoms with Crippen LogP contribution < -0.4 is 9.64 Å². The number of amides is 3. The standard InChI is InChI=1S/C28H26N2O5/c1-15(31)16-6-5-7-17(12-16)29(26(32)20-8-3-4-9-23(20)35-2)14-30-27(33)24-18-10-11-19(22-13-21(18)22)25(24)28(30)34/h3-12,18-19,21-22,24-25H,13-14H2,1-2H3. The Balaban J connectivity index is 1.38. The number of imide groups is 1. The van der Waals surface area contributed by atoms with Gasteiger partial charge in [0.05, 0.1) is 24.5 Å². The Hall–Kier alpha value is -3.74. The zero-order valence-electron chi connectivity index (χ0n) is 19.6. The van der Waals surface area contributed by atoms with Crippen molar-refractivity contribution in [1.29, 1.82) is 0 Å². The summed E-state index contributed by atoms with van der Waals surface area (Å²) in [5, 5.41) is 0. The van der Waals surface area contributed by atoms with Crippen LogP contribution in [0, 0.1) is 35.5 Å². The first-order valence-corrected chi connectivity index (χ1v) is 12.0. The molecule has 7 nitrogen and oxygen atoms in total. The van der Waals surface area contributed by atoms with Gasteiger partial charge in [-0.3, -0.25) is 29.0 Å². The van der Waals surface area contributed by atoms with E-state index < -0.39 is 5.91 Å². The molecule has 7 heteroatoms. The summed E-state index contributed by atoms with van der Waals surface area (Å²) >= 11 is 0. The summed E-state index contributed by atoms with van der Waals surface area (Å²) in [6, 6.07) is 13.5. The number of hydrogen-bond donors (Lipinski definition) is 0. The number of hydrogen-bond acceptors (Lipinski definition) is 5. The fourth-order valence-corrected chi connectivity index (χ4v) is 6.42. The van der Waals surface area contributed by atoms with Crippen LogP contribution in [0.15, 0.2) is 60.7 Å². The maximum absolute atomic E-state index is 13.8. The summed E-state index contributed by atoms with van der Waals surface area (Å²) in [6.45, 7) is 1.25. The average molecular weight is 471 g/mol. The number of Topliss-reactive ketones (excluding diaryl/α,β-unsaturated/α-hetero) is 1. The van der Waals surface area contributed by atoms with E-state index in [4.69, 9.17) is 4.74 Å². The van der Waals surface area contributed by atoms with Crippen LogP contribution in [0.25, 0.3) is 0 Å². The quantitative estimate of drug-likeness (QED) is 0.366. The summed E-state index contributed by atoms with van der Waals surface area (Å²) in [5.41, 5.74) is 1.19. The molecule has 0 aromatic heterocycles. The molecule has 35 heavy (non-hydrogen) atoms. The van der Waals surface area contributed by atoms with Gasteiger partial charge in [-0.05, 0) is 61.3 Å². The molecule has 1 aliphatic heterocycles. The molecule has 3 fully saturated rings. The van der Waals surface area contributed by atoms with Gasteiger partial charge in [0.1, 0.15) is 12.4 Å². The first-order valence-electron chi connectivity index (χ1n) is 12.0. The number of ketones is 1. The fourth-order valence-electron chi connectivity index (χ4n) is 6.42. The number of carbonyl (C=O) groups is 4. The van der Waals surface area contributed by atoms with Crippen molar-refractivity contribution in [3.05, 3.63) is 71.8 Å². The highest BCUT2D eigenvalue weighted by Crippen LogP contribution is 2.65. The van der Waals surface area contributed by atoms with E-state index in [0.29, 0.717) is 34.4 Å². The number of likely N-dealkylation sites (tertiary alicyclic amines) is 1. The Morgan fingerprint density at radius 2 is 1.63 bits per heavy atom. The van der Waals surface area contributed by atoms with E-state index in [-0.39, 0.29) is 47.9 Å². The van der Waals surface area contributed by atoms with Crippen molar-refractivity contribution in [1.82, 2.24) is 4.90 Å². The van der Waals surface area contributed by atoms with Crippen molar-refractivity contribution in [3.63, 3.8) is 0 Å². The van der Waals surface area contributed by atoms with E-state index in [1.165, 1.54) is 23.8 Å². The SMILES string of the molecule is COc1ccccc1C(=O)N(CN1C(=O)C2C3C=CC(C4CC34)C2C1=O)c1cccc(C(C)=O)c1. The second-order valence-corrected chi connectivity index (χ2v) is 9.94. The monoisotopic (exact) mass is 470 g/mol. The van der Waals surface area contributed by atoms with E-state index in [1.54, 1.807) is 48.5 Å². The average Bonchev–Trinajstić information content (AvgIpc) is 3.67. The largest absolute Gasteiger partial charge is 0.496 e. The lowest BCUT2D eigenvalue weighted by Crippen LogP contribution is -2.45. The molecule has 6 unspecified atom stereocenters. The molecule has 6 atom stereocenters. The van der Waals surface area contributed by atoms with Crippen molar-refractivity contribution < 1.29 is 23.9 Å². The lowest BCUT2D eigenvalue weighted by molar-refractivity contribution is -0.140. The molecule has 0 spiro atoms. The Morgan fingerprint density at radius 1 is 0.971 bits per heavy atom. The smallest absolute Gasteiger partial charge is 0.263 e. The third-order valence-electron chi connectivity index (χ3n) is 8.18. The topological polar surface area (TPSA) is 84.0 Å². The molecule has 178 valence electrons.